The zero-order chi connectivity index (χ0) is 52.9. The number of esters is 3. The van der Waals surface area contributed by atoms with Crippen LogP contribution in [-0.4, -0.2) is 37.2 Å². The summed E-state index contributed by atoms with van der Waals surface area (Å²) in [5, 5.41) is 0. The fraction of sp³-hybridized carbons (Fsp3) is 0.418. The highest BCUT2D eigenvalue weighted by molar-refractivity contribution is 5.71. The van der Waals surface area contributed by atoms with Gasteiger partial charge in [-0.3, -0.25) is 14.4 Å². The van der Waals surface area contributed by atoms with Crippen molar-refractivity contribution in [3.63, 3.8) is 0 Å². The van der Waals surface area contributed by atoms with Gasteiger partial charge in [-0.1, -0.05) is 259 Å². The van der Waals surface area contributed by atoms with Crippen LogP contribution >= 0.6 is 0 Å². The average molecular weight is 995 g/mol. The number of hydrogen-bond donors (Lipinski definition) is 0. The second-order valence-electron chi connectivity index (χ2n) is 17.0. The lowest BCUT2D eigenvalue weighted by Gasteiger charge is -2.18. The molecule has 0 aliphatic rings. The number of unbranched alkanes of at least 4 members (excludes halogenated alkanes) is 9. The van der Waals surface area contributed by atoms with Gasteiger partial charge in [-0.05, 0) is 103 Å². The van der Waals surface area contributed by atoms with Gasteiger partial charge < -0.3 is 14.2 Å². The Bertz CT molecular complexity index is 1910. The smallest absolute Gasteiger partial charge is 0.306 e. The third kappa shape index (κ3) is 56.5. The van der Waals surface area contributed by atoms with E-state index in [0.717, 1.165) is 103 Å². The van der Waals surface area contributed by atoms with Crippen LogP contribution in [0.5, 0.6) is 0 Å². The quantitative estimate of drug-likeness (QED) is 0.0199. The highest BCUT2D eigenvalue weighted by atomic mass is 16.6. The van der Waals surface area contributed by atoms with Gasteiger partial charge in [0.2, 0.25) is 0 Å². The Balaban J connectivity index is 4.71. The van der Waals surface area contributed by atoms with Crippen molar-refractivity contribution in [2.45, 2.75) is 168 Å². The molecule has 0 heterocycles. The molecule has 6 nitrogen and oxygen atoms in total. The van der Waals surface area contributed by atoms with E-state index in [1.54, 1.807) is 0 Å². The third-order valence-corrected chi connectivity index (χ3v) is 10.3. The molecule has 6 heteroatoms. The van der Waals surface area contributed by atoms with Crippen LogP contribution in [-0.2, 0) is 28.6 Å². The molecule has 398 valence electrons. The number of hydrogen-bond acceptors (Lipinski definition) is 6. The van der Waals surface area contributed by atoms with E-state index in [2.05, 4.69) is 106 Å². The lowest BCUT2D eigenvalue weighted by atomic mass is 10.1. The van der Waals surface area contributed by atoms with Crippen molar-refractivity contribution >= 4 is 17.9 Å². The highest BCUT2D eigenvalue weighted by Gasteiger charge is 2.19. The minimum atomic E-state index is -0.850. The van der Waals surface area contributed by atoms with Crippen LogP contribution in [0.3, 0.4) is 0 Å². The first kappa shape index (κ1) is 66.7. The van der Waals surface area contributed by atoms with E-state index in [4.69, 9.17) is 14.2 Å². The molecule has 0 amide bonds. The van der Waals surface area contributed by atoms with Gasteiger partial charge in [-0.15, -0.1) is 0 Å². The molecule has 0 spiro atoms. The Morgan fingerprint density at radius 3 is 0.904 bits per heavy atom. The van der Waals surface area contributed by atoms with E-state index >= 15 is 0 Å². The van der Waals surface area contributed by atoms with Gasteiger partial charge in [-0.2, -0.15) is 0 Å². The summed E-state index contributed by atoms with van der Waals surface area (Å²) in [5.74, 6) is -1.08. The van der Waals surface area contributed by atoms with Crippen LogP contribution in [0, 0.1) is 0 Å². The van der Waals surface area contributed by atoms with Crippen molar-refractivity contribution < 1.29 is 28.6 Å². The molecule has 1 atom stereocenters. The van der Waals surface area contributed by atoms with Crippen molar-refractivity contribution in [2.24, 2.45) is 0 Å². The largest absolute Gasteiger partial charge is 0.462 e. The fourth-order valence-electron chi connectivity index (χ4n) is 6.30. The van der Waals surface area contributed by atoms with Gasteiger partial charge in [0.15, 0.2) is 6.10 Å². The normalized spacial score (nSPS) is 13.8. The van der Waals surface area contributed by atoms with Crippen LogP contribution in [0.4, 0.5) is 0 Å². The SMILES string of the molecule is CC\C=C/C=C\C=C/C=C\C=C\C=C/C=C\CCCCCC(=O)OCC(COC(=O)CCCCC\C=C/C=C/C=C\C=C/C=C\C=C/CC)OC(=O)CCCCC/C=C\C/C=C\C/C=C\C/C=C\C/C=C\CC. The maximum atomic E-state index is 12.9. The van der Waals surface area contributed by atoms with Crippen LogP contribution < -0.4 is 0 Å². The van der Waals surface area contributed by atoms with Crippen LogP contribution in [0.1, 0.15) is 162 Å². The Morgan fingerprint density at radius 1 is 0.288 bits per heavy atom. The maximum absolute atomic E-state index is 12.9. The monoisotopic (exact) mass is 995 g/mol. The lowest BCUT2D eigenvalue weighted by Crippen LogP contribution is -2.30. The van der Waals surface area contributed by atoms with Crippen molar-refractivity contribution in [1.82, 2.24) is 0 Å². The molecule has 0 aromatic heterocycles. The Morgan fingerprint density at radius 2 is 0.562 bits per heavy atom. The number of rotatable bonds is 45. The van der Waals surface area contributed by atoms with Gasteiger partial charge in [0.1, 0.15) is 13.2 Å². The molecule has 0 radical (unpaired) electrons. The summed E-state index contributed by atoms with van der Waals surface area (Å²) in [6.45, 7) is 6.09. The molecule has 0 aliphatic heterocycles. The number of carbonyl (C=O) groups excluding carboxylic acids is 3. The molecule has 0 saturated carbocycles. The minimum absolute atomic E-state index is 0.145. The van der Waals surface area contributed by atoms with Crippen molar-refractivity contribution in [3.05, 3.63) is 219 Å². The Kier molecular flexibility index (Phi) is 53.3. The van der Waals surface area contributed by atoms with Gasteiger partial charge in [0, 0.05) is 19.3 Å². The molecule has 1 unspecified atom stereocenters. The van der Waals surface area contributed by atoms with E-state index in [9.17, 15) is 14.4 Å². The first-order chi connectivity index (χ1) is 36.0. The highest BCUT2D eigenvalue weighted by Crippen LogP contribution is 2.11. The van der Waals surface area contributed by atoms with Crippen molar-refractivity contribution in [2.75, 3.05) is 13.2 Å². The predicted octanol–water partition coefficient (Wildman–Crippen LogP) is 18.6. The minimum Gasteiger partial charge on any atom is -0.462 e. The summed E-state index contributed by atoms with van der Waals surface area (Å²) in [6.07, 6.45) is 91.9. The summed E-state index contributed by atoms with van der Waals surface area (Å²) in [7, 11) is 0. The molecule has 0 rings (SSSR count). The van der Waals surface area contributed by atoms with Gasteiger partial charge in [-0.25, -0.2) is 0 Å². The van der Waals surface area contributed by atoms with Crippen LogP contribution in [0.2, 0.25) is 0 Å². The topological polar surface area (TPSA) is 78.9 Å². The van der Waals surface area contributed by atoms with Crippen molar-refractivity contribution in [1.29, 1.82) is 0 Å². The summed E-state index contributed by atoms with van der Waals surface area (Å²) in [4.78, 5) is 38.2. The molecule has 0 aliphatic carbocycles. The van der Waals surface area contributed by atoms with E-state index in [-0.39, 0.29) is 50.4 Å². The average Bonchev–Trinajstić information content (AvgIpc) is 3.39. The zero-order valence-corrected chi connectivity index (χ0v) is 45.3. The molecule has 0 aromatic rings. The van der Waals surface area contributed by atoms with Crippen LogP contribution in [0.25, 0.3) is 0 Å². The second-order valence-corrected chi connectivity index (χ2v) is 17.0. The van der Waals surface area contributed by atoms with Crippen molar-refractivity contribution in [3.8, 4) is 0 Å². The Hall–Kier alpha value is -6.27. The van der Waals surface area contributed by atoms with Gasteiger partial charge >= 0.3 is 17.9 Å². The first-order valence-corrected chi connectivity index (χ1v) is 27.4. The molecule has 0 saturated heterocycles. The van der Waals surface area contributed by atoms with E-state index < -0.39 is 6.10 Å². The molecule has 0 bridgehead atoms. The summed E-state index contributed by atoms with van der Waals surface area (Å²) in [6, 6.07) is 0. The number of ether oxygens (including phenoxy) is 3. The molecular weight excluding hydrogens is 901 g/mol. The van der Waals surface area contributed by atoms with E-state index in [0.29, 0.717) is 19.3 Å². The van der Waals surface area contributed by atoms with Gasteiger partial charge in [0.05, 0.1) is 0 Å². The molecule has 0 N–H and O–H groups in total. The third-order valence-electron chi connectivity index (χ3n) is 10.3. The van der Waals surface area contributed by atoms with E-state index in [1.165, 1.54) is 0 Å². The zero-order valence-electron chi connectivity index (χ0n) is 45.3. The Labute approximate surface area is 444 Å². The molecular formula is C67H94O6. The standard InChI is InChI=1S/C67H94O6/c1-4-7-10-13-16-19-22-25-28-31-33-36-39-42-45-48-51-54-57-60-66(69)72-63-64(62-71-65(68)59-56-53-50-47-44-41-38-35-30-27-24-21-18-15-12-9-6-3)73-67(70)61-58-55-52-49-46-43-40-37-34-32-29-26-23-20-17-14-11-8-5-2/h7-13,15-22,24-31,33-39,41-46,64H,4-6,14,23,32,40,47-63H2,1-3H3/b10-7-,11-8-,12-9-,16-13-,18-15-,20-17-,22-19-,24-21-,28-25-,29-26-,30-27-,33-31+,37-34-,38-35+,39-36-,44-41-,45-42-,46-43-. The lowest BCUT2D eigenvalue weighted by molar-refractivity contribution is -0.167. The second kappa shape index (κ2) is 58.3. The maximum Gasteiger partial charge on any atom is 0.306 e. The molecule has 0 aromatic carbocycles. The first-order valence-electron chi connectivity index (χ1n) is 27.4. The molecule has 73 heavy (non-hydrogen) atoms. The summed E-state index contributed by atoms with van der Waals surface area (Å²) >= 11 is 0. The summed E-state index contributed by atoms with van der Waals surface area (Å²) in [5.41, 5.74) is 0. The van der Waals surface area contributed by atoms with Crippen LogP contribution in [0.15, 0.2) is 219 Å². The number of allylic oxidation sites excluding steroid dienone is 36. The molecule has 0 fully saturated rings. The fourth-order valence-corrected chi connectivity index (χ4v) is 6.30. The number of carbonyl (C=O) groups is 3. The van der Waals surface area contributed by atoms with Gasteiger partial charge in [0.25, 0.3) is 0 Å². The van der Waals surface area contributed by atoms with E-state index in [1.807, 2.05) is 134 Å². The predicted molar refractivity (Wildman–Crippen MR) is 315 cm³/mol. The summed E-state index contributed by atoms with van der Waals surface area (Å²) < 4.78 is 16.7.